The van der Waals surface area contributed by atoms with Crippen LogP contribution in [-0.4, -0.2) is 18.1 Å². The van der Waals surface area contributed by atoms with Gasteiger partial charge >= 0.3 is 0 Å². The minimum absolute atomic E-state index is 0.390. The Morgan fingerprint density at radius 1 is 1.00 bits per heavy atom. The molecule has 1 N–H and O–H groups in total. The molecule has 0 amide bonds. The quantitative estimate of drug-likeness (QED) is 0.834. The van der Waals surface area contributed by atoms with Gasteiger partial charge in [-0.15, -0.1) is 0 Å². The number of nitrogens with one attached hydrogen (secondary N) is 1. The van der Waals surface area contributed by atoms with Crippen LogP contribution in [0.1, 0.15) is 56.9 Å². The Labute approximate surface area is 122 Å². The number of anilines is 1. The lowest BCUT2D eigenvalue weighted by atomic mass is 9.96. The van der Waals surface area contributed by atoms with Crippen molar-refractivity contribution in [1.82, 2.24) is 5.32 Å². The number of hydrogen-bond donors (Lipinski definition) is 1. The third-order valence-corrected chi connectivity index (χ3v) is 5.75. The van der Waals surface area contributed by atoms with Crippen molar-refractivity contribution in [2.75, 3.05) is 11.4 Å². The Bertz CT molecular complexity index is 470. The molecule has 108 valence electrons. The van der Waals surface area contributed by atoms with E-state index in [1.807, 2.05) is 0 Å². The van der Waals surface area contributed by atoms with Crippen LogP contribution >= 0.6 is 0 Å². The molecule has 2 nitrogen and oxygen atoms in total. The van der Waals surface area contributed by atoms with Gasteiger partial charge in [0.15, 0.2) is 0 Å². The lowest BCUT2D eigenvalue weighted by molar-refractivity contribution is 0.329. The van der Waals surface area contributed by atoms with Crippen LogP contribution in [-0.2, 0) is 6.54 Å². The first-order chi connectivity index (χ1) is 9.86. The van der Waals surface area contributed by atoms with E-state index in [0.29, 0.717) is 5.54 Å². The lowest BCUT2D eigenvalue weighted by Gasteiger charge is -2.38. The molecule has 0 saturated heterocycles. The molecular weight excluding hydrogens is 244 g/mol. The van der Waals surface area contributed by atoms with E-state index in [0.717, 1.165) is 12.6 Å². The highest BCUT2D eigenvalue weighted by atomic mass is 15.2. The van der Waals surface area contributed by atoms with Gasteiger partial charge in [-0.1, -0.05) is 43.9 Å². The molecule has 0 radical (unpaired) electrons. The van der Waals surface area contributed by atoms with Gasteiger partial charge in [-0.05, 0) is 37.3 Å². The van der Waals surface area contributed by atoms with Gasteiger partial charge in [-0.3, -0.25) is 0 Å². The van der Waals surface area contributed by atoms with Crippen molar-refractivity contribution in [1.29, 1.82) is 0 Å². The number of para-hydroxylation sites is 1. The molecule has 1 heterocycles. The Hall–Kier alpha value is -1.02. The first-order valence-corrected chi connectivity index (χ1v) is 8.46. The van der Waals surface area contributed by atoms with Crippen LogP contribution in [0.3, 0.4) is 0 Å². The van der Waals surface area contributed by atoms with Gasteiger partial charge in [-0.25, -0.2) is 0 Å². The van der Waals surface area contributed by atoms with Crippen molar-refractivity contribution in [3.63, 3.8) is 0 Å². The smallest absolute Gasteiger partial charge is 0.0414 e. The monoisotopic (exact) mass is 270 g/mol. The molecule has 1 aromatic carbocycles. The molecule has 2 heteroatoms. The molecule has 0 unspecified atom stereocenters. The number of benzene rings is 1. The summed E-state index contributed by atoms with van der Waals surface area (Å²) >= 11 is 0. The predicted molar refractivity (Wildman–Crippen MR) is 84.1 cm³/mol. The predicted octanol–water partition coefficient (Wildman–Crippen LogP) is 3.85. The van der Waals surface area contributed by atoms with Gasteiger partial charge in [0.2, 0.25) is 0 Å². The zero-order chi connectivity index (χ0) is 13.4. The second-order valence-electron chi connectivity index (χ2n) is 7.04. The highest BCUT2D eigenvalue weighted by Gasteiger charge is 2.39. The average molecular weight is 270 g/mol. The highest BCUT2D eigenvalue weighted by molar-refractivity contribution is 5.56. The Morgan fingerprint density at radius 2 is 1.75 bits per heavy atom. The van der Waals surface area contributed by atoms with E-state index in [1.54, 1.807) is 0 Å². The fourth-order valence-electron chi connectivity index (χ4n) is 4.62. The zero-order valence-corrected chi connectivity index (χ0v) is 12.4. The van der Waals surface area contributed by atoms with Gasteiger partial charge in [0.05, 0.1) is 0 Å². The summed E-state index contributed by atoms with van der Waals surface area (Å²) in [6.45, 7) is 2.29. The van der Waals surface area contributed by atoms with Crippen LogP contribution in [0.15, 0.2) is 24.3 Å². The molecule has 1 aliphatic heterocycles. The average Bonchev–Trinajstić information content (AvgIpc) is 3.12. The molecule has 0 atom stereocenters. The molecule has 2 aliphatic carbocycles. The highest BCUT2D eigenvalue weighted by Crippen LogP contribution is 2.39. The summed E-state index contributed by atoms with van der Waals surface area (Å²) in [5.74, 6) is 0. The van der Waals surface area contributed by atoms with E-state index in [1.165, 1.54) is 69.2 Å². The summed E-state index contributed by atoms with van der Waals surface area (Å²) in [5.41, 5.74) is 3.40. The van der Waals surface area contributed by atoms with Gasteiger partial charge in [0, 0.05) is 30.4 Å². The number of fused-ring (bicyclic) bond motifs is 1. The maximum Gasteiger partial charge on any atom is 0.0414 e. The normalized spacial score (nSPS) is 25.9. The first-order valence-electron chi connectivity index (χ1n) is 8.46. The molecule has 2 fully saturated rings. The number of rotatable bonds is 1. The third-order valence-electron chi connectivity index (χ3n) is 5.75. The van der Waals surface area contributed by atoms with Gasteiger partial charge in [-0.2, -0.15) is 0 Å². The minimum atomic E-state index is 0.390. The fourth-order valence-corrected chi connectivity index (χ4v) is 4.62. The first kappa shape index (κ1) is 12.7. The van der Waals surface area contributed by atoms with Crippen molar-refractivity contribution in [2.24, 2.45) is 0 Å². The van der Waals surface area contributed by atoms with Crippen LogP contribution in [0.4, 0.5) is 5.69 Å². The maximum atomic E-state index is 3.92. The number of nitrogens with zero attached hydrogens (tertiary/aromatic N) is 1. The van der Waals surface area contributed by atoms with E-state index in [-0.39, 0.29) is 0 Å². The van der Waals surface area contributed by atoms with Crippen LogP contribution in [0.5, 0.6) is 0 Å². The van der Waals surface area contributed by atoms with E-state index in [2.05, 4.69) is 34.5 Å². The van der Waals surface area contributed by atoms with E-state index in [4.69, 9.17) is 0 Å². The van der Waals surface area contributed by atoms with Gasteiger partial charge in [0.1, 0.15) is 0 Å². The van der Waals surface area contributed by atoms with Crippen molar-refractivity contribution < 1.29 is 0 Å². The Kier molecular flexibility index (Phi) is 3.22. The molecule has 0 aromatic heterocycles. The van der Waals surface area contributed by atoms with Crippen LogP contribution in [0.2, 0.25) is 0 Å². The van der Waals surface area contributed by atoms with Crippen LogP contribution in [0.25, 0.3) is 0 Å². The fraction of sp³-hybridized carbons (Fsp3) is 0.667. The largest absolute Gasteiger partial charge is 0.366 e. The van der Waals surface area contributed by atoms with Crippen molar-refractivity contribution in [2.45, 2.75) is 69.5 Å². The standard InChI is InChI=1S/C18H26N2/c1-4-10-17-15(7-1)13-19-18(11-5-6-12-18)14-20(17)16-8-2-3-9-16/h1,4,7,10,16,19H,2-3,5-6,8-9,11-14H2. The summed E-state index contributed by atoms with van der Waals surface area (Å²) in [7, 11) is 0. The Morgan fingerprint density at radius 3 is 2.55 bits per heavy atom. The zero-order valence-electron chi connectivity index (χ0n) is 12.4. The van der Waals surface area contributed by atoms with Crippen molar-refractivity contribution >= 4 is 5.69 Å². The maximum absolute atomic E-state index is 3.92. The summed E-state index contributed by atoms with van der Waals surface area (Å²) in [6.07, 6.45) is 11.2. The second-order valence-corrected chi connectivity index (χ2v) is 7.04. The summed E-state index contributed by atoms with van der Waals surface area (Å²) in [4.78, 5) is 2.77. The summed E-state index contributed by atoms with van der Waals surface area (Å²) in [6, 6.07) is 9.86. The van der Waals surface area contributed by atoms with E-state index in [9.17, 15) is 0 Å². The lowest BCUT2D eigenvalue weighted by Crippen LogP contribution is -2.51. The van der Waals surface area contributed by atoms with Gasteiger partial charge in [0.25, 0.3) is 0 Å². The van der Waals surface area contributed by atoms with Gasteiger partial charge < -0.3 is 10.2 Å². The van der Waals surface area contributed by atoms with Crippen LogP contribution < -0.4 is 10.2 Å². The molecule has 2 saturated carbocycles. The van der Waals surface area contributed by atoms with Crippen molar-refractivity contribution in [3.8, 4) is 0 Å². The molecule has 3 aliphatic rings. The van der Waals surface area contributed by atoms with E-state index >= 15 is 0 Å². The molecular formula is C18H26N2. The van der Waals surface area contributed by atoms with E-state index < -0.39 is 0 Å². The SMILES string of the molecule is c1ccc2c(c1)CNC1(CCCC1)CN2C1CCCC1. The summed E-state index contributed by atoms with van der Waals surface area (Å²) in [5, 5.41) is 3.92. The topological polar surface area (TPSA) is 15.3 Å². The molecule has 0 bridgehead atoms. The summed E-state index contributed by atoms with van der Waals surface area (Å²) < 4.78 is 0. The third kappa shape index (κ3) is 2.14. The number of hydrogen-bond acceptors (Lipinski definition) is 2. The second kappa shape index (κ2) is 5.07. The molecule has 1 spiro atoms. The molecule has 4 rings (SSSR count). The minimum Gasteiger partial charge on any atom is -0.366 e. The Balaban J connectivity index is 1.70. The van der Waals surface area contributed by atoms with Crippen molar-refractivity contribution in [3.05, 3.63) is 29.8 Å². The molecule has 20 heavy (non-hydrogen) atoms. The molecule has 1 aromatic rings. The van der Waals surface area contributed by atoms with Crippen LogP contribution in [0, 0.1) is 0 Å².